The van der Waals surface area contributed by atoms with Crippen LogP contribution in [0.4, 0.5) is 0 Å². The summed E-state index contributed by atoms with van der Waals surface area (Å²) in [6.45, 7) is 10.8. The summed E-state index contributed by atoms with van der Waals surface area (Å²) in [5.41, 5.74) is 1.16. The van der Waals surface area contributed by atoms with E-state index in [2.05, 4.69) is 46.0 Å². The van der Waals surface area contributed by atoms with E-state index < -0.39 is 0 Å². The lowest BCUT2D eigenvalue weighted by atomic mass is 9.78. The van der Waals surface area contributed by atoms with Gasteiger partial charge in [0.15, 0.2) is 0 Å². The first-order valence-corrected chi connectivity index (χ1v) is 9.18. The van der Waals surface area contributed by atoms with Gasteiger partial charge in [-0.15, -0.1) is 0 Å². The van der Waals surface area contributed by atoms with E-state index in [1.807, 2.05) is 0 Å². The van der Waals surface area contributed by atoms with Crippen LogP contribution in [-0.4, -0.2) is 48.6 Å². The van der Waals surface area contributed by atoms with Crippen LogP contribution in [0.25, 0.3) is 0 Å². The zero-order valence-electron chi connectivity index (χ0n) is 15.6. The Morgan fingerprint density at radius 1 is 1.33 bits per heavy atom. The minimum absolute atomic E-state index is 0.0313. The lowest BCUT2D eigenvalue weighted by Gasteiger charge is -2.43. The highest BCUT2D eigenvalue weighted by Crippen LogP contribution is 2.34. The van der Waals surface area contributed by atoms with Crippen molar-refractivity contribution in [1.29, 1.82) is 0 Å². The molecule has 2 aliphatic rings. The highest BCUT2D eigenvalue weighted by atomic mass is 16.5. The van der Waals surface area contributed by atoms with E-state index in [1.54, 1.807) is 0 Å². The van der Waals surface area contributed by atoms with Gasteiger partial charge in [-0.25, -0.2) is 0 Å². The fraction of sp³-hybridized carbons (Fsp3) is 0.842. The van der Waals surface area contributed by atoms with Crippen molar-refractivity contribution >= 4 is 6.29 Å². The third-order valence-corrected chi connectivity index (χ3v) is 5.60. The van der Waals surface area contributed by atoms with Crippen molar-refractivity contribution < 1.29 is 19.4 Å². The molecule has 1 aliphatic heterocycles. The van der Waals surface area contributed by atoms with Crippen molar-refractivity contribution in [2.24, 2.45) is 17.8 Å². The number of aliphatic hydroxyl groups excluding tert-OH is 1. The predicted octanol–water partition coefficient (Wildman–Crippen LogP) is 2.28. The van der Waals surface area contributed by atoms with E-state index in [4.69, 9.17) is 9.47 Å². The Kier molecular flexibility index (Phi) is 6.99. The van der Waals surface area contributed by atoms with Crippen LogP contribution in [0.3, 0.4) is 0 Å². The number of ether oxygens (including phenoxy) is 2. The van der Waals surface area contributed by atoms with E-state index >= 15 is 0 Å². The number of piperidine rings is 1. The van der Waals surface area contributed by atoms with Gasteiger partial charge in [-0.1, -0.05) is 33.8 Å². The van der Waals surface area contributed by atoms with E-state index in [-0.39, 0.29) is 43.1 Å². The van der Waals surface area contributed by atoms with Gasteiger partial charge in [0.05, 0.1) is 18.3 Å². The van der Waals surface area contributed by atoms with Crippen LogP contribution in [0.2, 0.25) is 0 Å². The van der Waals surface area contributed by atoms with Crippen LogP contribution < -0.4 is 5.32 Å². The molecule has 1 heterocycles. The van der Waals surface area contributed by atoms with Crippen molar-refractivity contribution in [3.05, 3.63) is 11.6 Å². The van der Waals surface area contributed by atoms with Crippen LogP contribution >= 0.6 is 0 Å². The van der Waals surface area contributed by atoms with Crippen molar-refractivity contribution in [3.8, 4) is 0 Å². The number of aldehydes is 1. The summed E-state index contributed by atoms with van der Waals surface area (Å²) in [4.78, 5) is 10.6. The predicted molar refractivity (Wildman–Crippen MR) is 93.6 cm³/mol. The molecule has 5 nitrogen and oxygen atoms in total. The zero-order valence-corrected chi connectivity index (χ0v) is 15.6. The van der Waals surface area contributed by atoms with Crippen molar-refractivity contribution in [2.45, 2.75) is 78.0 Å². The molecule has 1 fully saturated rings. The number of carbonyl (C=O) groups excluding carboxylic acids is 1. The fourth-order valence-corrected chi connectivity index (χ4v) is 3.91. The molecule has 2 N–H and O–H groups in total. The van der Waals surface area contributed by atoms with Crippen LogP contribution in [0, 0.1) is 17.8 Å². The van der Waals surface area contributed by atoms with Crippen molar-refractivity contribution in [2.75, 3.05) is 6.61 Å². The van der Waals surface area contributed by atoms with Crippen molar-refractivity contribution in [3.63, 3.8) is 0 Å². The molecule has 1 saturated heterocycles. The Bertz CT molecular complexity index is 451. The average Bonchev–Trinajstić information content (AvgIpc) is 2.54. The first-order chi connectivity index (χ1) is 11.3. The van der Waals surface area contributed by atoms with E-state index in [0.29, 0.717) is 11.8 Å². The van der Waals surface area contributed by atoms with Gasteiger partial charge >= 0.3 is 0 Å². The topological polar surface area (TPSA) is 67.8 Å². The number of rotatable bonds is 6. The first-order valence-electron chi connectivity index (χ1n) is 9.18. The van der Waals surface area contributed by atoms with Crippen LogP contribution in [0.5, 0.6) is 0 Å². The van der Waals surface area contributed by atoms with E-state index in [9.17, 15) is 9.90 Å². The highest BCUT2D eigenvalue weighted by Gasteiger charge is 2.38. The minimum Gasteiger partial charge on any atom is -0.391 e. The van der Waals surface area contributed by atoms with Crippen LogP contribution in [-0.2, 0) is 14.3 Å². The normalized spacial score (nSPS) is 40.5. The number of carbonyl (C=O) groups is 1. The summed E-state index contributed by atoms with van der Waals surface area (Å²) in [6.07, 6.45) is 4.15. The van der Waals surface area contributed by atoms with Crippen LogP contribution in [0.1, 0.15) is 47.5 Å². The largest absolute Gasteiger partial charge is 0.391 e. The maximum absolute atomic E-state index is 10.6. The molecule has 0 amide bonds. The molecule has 2 rings (SSSR count). The molecule has 0 saturated carbocycles. The zero-order chi connectivity index (χ0) is 17.9. The minimum atomic E-state index is -0.301. The summed E-state index contributed by atoms with van der Waals surface area (Å²) in [7, 11) is 0. The lowest BCUT2D eigenvalue weighted by molar-refractivity contribution is -0.118. The molecule has 24 heavy (non-hydrogen) atoms. The van der Waals surface area contributed by atoms with E-state index in [1.165, 1.54) is 0 Å². The number of hydrogen-bond acceptors (Lipinski definition) is 5. The Labute approximate surface area is 145 Å². The fourth-order valence-electron chi connectivity index (χ4n) is 3.91. The van der Waals surface area contributed by atoms with Gasteiger partial charge in [0.25, 0.3) is 0 Å². The van der Waals surface area contributed by atoms with Gasteiger partial charge in [-0.05, 0) is 43.1 Å². The number of hydrogen-bond donors (Lipinski definition) is 2. The molecule has 0 bridgehead atoms. The number of nitrogens with one attached hydrogen (secondary N) is 1. The molecule has 7 atom stereocenters. The van der Waals surface area contributed by atoms with Gasteiger partial charge in [0.1, 0.15) is 19.1 Å². The van der Waals surface area contributed by atoms with E-state index in [0.717, 1.165) is 24.7 Å². The number of aliphatic hydroxyl groups is 1. The molecule has 1 aliphatic carbocycles. The van der Waals surface area contributed by atoms with Gasteiger partial charge in [0.2, 0.25) is 0 Å². The first kappa shape index (κ1) is 19.6. The van der Waals surface area contributed by atoms with Crippen LogP contribution in [0.15, 0.2) is 11.6 Å². The third kappa shape index (κ3) is 4.45. The lowest BCUT2D eigenvalue weighted by Crippen LogP contribution is -2.55. The second-order valence-corrected chi connectivity index (χ2v) is 7.72. The van der Waals surface area contributed by atoms with Crippen molar-refractivity contribution in [1.82, 2.24) is 5.32 Å². The summed E-state index contributed by atoms with van der Waals surface area (Å²) in [5.74, 6) is 0.957. The van der Waals surface area contributed by atoms with Gasteiger partial charge in [-0.3, -0.25) is 5.32 Å². The molecule has 7 unspecified atom stereocenters. The summed E-state index contributed by atoms with van der Waals surface area (Å²) in [6, 6.07) is 0.0769. The Morgan fingerprint density at radius 3 is 2.67 bits per heavy atom. The average molecular weight is 339 g/mol. The summed E-state index contributed by atoms with van der Waals surface area (Å²) in [5, 5.41) is 13.6. The molecule has 0 aromatic heterocycles. The van der Waals surface area contributed by atoms with Gasteiger partial charge < -0.3 is 19.4 Å². The summed E-state index contributed by atoms with van der Waals surface area (Å²) < 4.78 is 12.0. The SMILES string of the molecule is CC1=CC(OCC=O)C(C)C(C)C1OC1CCC(O)C(C(C)C)N1. The molecule has 0 spiro atoms. The second kappa shape index (κ2) is 8.56. The molecular weight excluding hydrogens is 306 g/mol. The molecule has 0 radical (unpaired) electrons. The molecule has 138 valence electrons. The smallest absolute Gasteiger partial charge is 0.145 e. The molecule has 0 aromatic rings. The Morgan fingerprint density at radius 2 is 2.04 bits per heavy atom. The summed E-state index contributed by atoms with van der Waals surface area (Å²) >= 11 is 0. The molecule has 0 aromatic carbocycles. The quantitative estimate of drug-likeness (QED) is 0.574. The Hall–Kier alpha value is -0.750. The highest BCUT2D eigenvalue weighted by molar-refractivity contribution is 5.50. The van der Waals surface area contributed by atoms with Gasteiger partial charge in [0, 0.05) is 6.04 Å². The second-order valence-electron chi connectivity index (χ2n) is 7.72. The maximum Gasteiger partial charge on any atom is 0.145 e. The molecular formula is C19H33NO4. The Balaban J connectivity index is 2.02. The van der Waals surface area contributed by atoms with Gasteiger partial charge in [-0.2, -0.15) is 0 Å². The standard InChI is InChI=1S/C19H33NO4/c1-11(2)18-15(22)6-7-17(20-18)24-19-12(3)10-16(23-9-8-21)13(4)14(19)5/h8,10-11,13-20,22H,6-7,9H2,1-5H3. The third-order valence-electron chi connectivity index (χ3n) is 5.60. The molecule has 5 heteroatoms. The monoisotopic (exact) mass is 339 g/mol. The maximum atomic E-state index is 10.6.